The Bertz CT molecular complexity index is 594. The summed E-state index contributed by atoms with van der Waals surface area (Å²) in [5.41, 5.74) is 2.07. The van der Waals surface area contributed by atoms with Crippen molar-refractivity contribution in [3.63, 3.8) is 0 Å². The summed E-state index contributed by atoms with van der Waals surface area (Å²) in [7, 11) is 1.58. The van der Waals surface area contributed by atoms with Gasteiger partial charge in [0.15, 0.2) is 0 Å². The van der Waals surface area contributed by atoms with E-state index in [-0.39, 0.29) is 18.2 Å². The Morgan fingerprint density at radius 1 is 1.15 bits per heavy atom. The van der Waals surface area contributed by atoms with E-state index in [1.54, 1.807) is 49.8 Å². The van der Waals surface area contributed by atoms with Crippen LogP contribution in [0.15, 0.2) is 48.8 Å². The molecule has 0 aliphatic heterocycles. The molecule has 1 aromatic carbocycles. The molecule has 0 bridgehead atoms. The van der Waals surface area contributed by atoms with Crippen molar-refractivity contribution in [1.29, 1.82) is 0 Å². The number of aromatic nitrogens is 1. The van der Waals surface area contributed by atoms with Crippen molar-refractivity contribution >= 4 is 17.5 Å². The summed E-state index contributed by atoms with van der Waals surface area (Å²) < 4.78 is 0. The number of benzene rings is 1. The molecule has 0 saturated carbocycles. The molecule has 0 aliphatic carbocycles. The fraction of sp³-hybridized carbons (Fsp3) is 0.133. The fourth-order valence-electron chi connectivity index (χ4n) is 1.74. The molecule has 102 valence electrons. The van der Waals surface area contributed by atoms with Gasteiger partial charge in [-0.05, 0) is 35.9 Å². The van der Waals surface area contributed by atoms with E-state index >= 15 is 0 Å². The molecular formula is C15H15N3O2. The molecule has 2 aromatic rings. The number of hydrogen-bond donors (Lipinski definition) is 2. The second-order valence-corrected chi connectivity index (χ2v) is 4.24. The summed E-state index contributed by atoms with van der Waals surface area (Å²) in [6, 6.07) is 10.4. The second-order valence-electron chi connectivity index (χ2n) is 4.24. The summed E-state index contributed by atoms with van der Waals surface area (Å²) in [6.45, 7) is 0. The third kappa shape index (κ3) is 3.65. The first-order valence-electron chi connectivity index (χ1n) is 6.20. The summed E-state index contributed by atoms with van der Waals surface area (Å²) in [4.78, 5) is 27.2. The third-order valence-electron chi connectivity index (χ3n) is 2.75. The maximum Gasteiger partial charge on any atom is 0.251 e. The van der Waals surface area contributed by atoms with Crippen molar-refractivity contribution in [3.8, 4) is 0 Å². The third-order valence-corrected chi connectivity index (χ3v) is 2.75. The Kier molecular flexibility index (Phi) is 4.44. The zero-order chi connectivity index (χ0) is 14.4. The van der Waals surface area contributed by atoms with Crippen molar-refractivity contribution < 1.29 is 9.59 Å². The van der Waals surface area contributed by atoms with Crippen LogP contribution in [0.25, 0.3) is 0 Å². The van der Waals surface area contributed by atoms with Crippen LogP contribution in [-0.4, -0.2) is 23.8 Å². The number of carbonyl (C=O) groups is 2. The molecule has 0 radical (unpaired) electrons. The number of anilines is 1. The van der Waals surface area contributed by atoms with Crippen LogP contribution in [0.3, 0.4) is 0 Å². The Morgan fingerprint density at radius 2 is 1.90 bits per heavy atom. The monoisotopic (exact) mass is 269 g/mol. The summed E-state index contributed by atoms with van der Waals surface area (Å²) in [5, 5.41) is 5.32. The zero-order valence-electron chi connectivity index (χ0n) is 11.1. The van der Waals surface area contributed by atoms with Gasteiger partial charge in [0, 0.05) is 30.7 Å². The molecule has 1 aromatic heterocycles. The first kappa shape index (κ1) is 13.7. The van der Waals surface area contributed by atoms with Gasteiger partial charge in [0.25, 0.3) is 5.91 Å². The predicted molar refractivity (Wildman–Crippen MR) is 76.4 cm³/mol. The minimum absolute atomic E-state index is 0.120. The van der Waals surface area contributed by atoms with Crippen molar-refractivity contribution in [2.45, 2.75) is 6.42 Å². The van der Waals surface area contributed by atoms with Crippen molar-refractivity contribution in [2.75, 3.05) is 12.4 Å². The van der Waals surface area contributed by atoms with Crippen LogP contribution in [0, 0.1) is 0 Å². The van der Waals surface area contributed by atoms with Crippen molar-refractivity contribution in [1.82, 2.24) is 10.3 Å². The van der Waals surface area contributed by atoms with E-state index in [0.29, 0.717) is 11.3 Å². The highest BCUT2D eigenvalue weighted by Gasteiger charge is 2.06. The van der Waals surface area contributed by atoms with E-state index in [1.807, 2.05) is 6.07 Å². The first-order chi connectivity index (χ1) is 9.69. The van der Waals surface area contributed by atoms with Gasteiger partial charge < -0.3 is 10.6 Å². The van der Waals surface area contributed by atoms with Crippen LogP contribution in [-0.2, 0) is 11.2 Å². The minimum Gasteiger partial charge on any atom is -0.355 e. The molecule has 20 heavy (non-hydrogen) atoms. The number of carbonyl (C=O) groups excluding carboxylic acids is 2. The molecule has 2 rings (SSSR count). The number of hydrogen-bond acceptors (Lipinski definition) is 3. The van der Waals surface area contributed by atoms with Crippen LogP contribution >= 0.6 is 0 Å². The summed E-state index contributed by atoms with van der Waals surface area (Å²) >= 11 is 0. The standard InChI is InChI=1S/C15H15N3O2/c1-16-15(20)12-4-6-13(7-5-12)18-14(19)9-11-3-2-8-17-10-11/h2-8,10H,9H2,1H3,(H,16,20)(H,18,19). The van der Waals surface area contributed by atoms with Gasteiger partial charge in [-0.3, -0.25) is 14.6 Å². The molecule has 0 unspecified atom stereocenters. The average molecular weight is 269 g/mol. The van der Waals surface area contributed by atoms with Gasteiger partial charge in [-0.2, -0.15) is 0 Å². The lowest BCUT2D eigenvalue weighted by molar-refractivity contribution is -0.115. The average Bonchev–Trinajstić information content (AvgIpc) is 2.48. The number of nitrogens with zero attached hydrogens (tertiary/aromatic N) is 1. The number of pyridine rings is 1. The molecule has 0 atom stereocenters. The minimum atomic E-state index is -0.154. The maximum absolute atomic E-state index is 11.8. The van der Waals surface area contributed by atoms with Crippen LogP contribution in [0.1, 0.15) is 15.9 Å². The van der Waals surface area contributed by atoms with E-state index in [9.17, 15) is 9.59 Å². The SMILES string of the molecule is CNC(=O)c1ccc(NC(=O)Cc2cccnc2)cc1. The van der Waals surface area contributed by atoms with Gasteiger partial charge in [0.05, 0.1) is 6.42 Å². The molecule has 5 nitrogen and oxygen atoms in total. The number of amides is 2. The van der Waals surface area contributed by atoms with Gasteiger partial charge >= 0.3 is 0 Å². The Labute approximate surface area is 117 Å². The Balaban J connectivity index is 1.96. The van der Waals surface area contributed by atoms with E-state index in [4.69, 9.17) is 0 Å². The lowest BCUT2D eigenvalue weighted by Crippen LogP contribution is -2.18. The second kappa shape index (κ2) is 6.47. The molecule has 0 aliphatic rings. The van der Waals surface area contributed by atoms with Crippen LogP contribution < -0.4 is 10.6 Å². The highest BCUT2D eigenvalue weighted by Crippen LogP contribution is 2.10. The fourth-order valence-corrected chi connectivity index (χ4v) is 1.74. The number of nitrogens with one attached hydrogen (secondary N) is 2. The normalized spacial score (nSPS) is 9.85. The van der Waals surface area contributed by atoms with E-state index in [2.05, 4.69) is 15.6 Å². The van der Waals surface area contributed by atoms with E-state index in [1.165, 1.54) is 0 Å². The van der Waals surface area contributed by atoms with Crippen LogP contribution in [0.2, 0.25) is 0 Å². The Hall–Kier alpha value is -2.69. The van der Waals surface area contributed by atoms with Gasteiger partial charge in [-0.25, -0.2) is 0 Å². The maximum atomic E-state index is 11.8. The van der Waals surface area contributed by atoms with Gasteiger partial charge in [-0.1, -0.05) is 6.07 Å². The lowest BCUT2D eigenvalue weighted by atomic mass is 10.1. The zero-order valence-corrected chi connectivity index (χ0v) is 11.1. The predicted octanol–water partition coefficient (Wildman–Crippen LogP) is 1.62. The van der Waals surface area contributed by atoms with E-state index in [0.717, 1.165) is 5.56 Å². The van der Waals surface area contributed by atoms with Gasteiger partial charge in [0.2, 0.25) is 5.91 Å². The molecule has 0 saturated heterocycles. The highest BCUT2D eigenvalue weighted by atomic mass is 16.2. The first-order valence-corrected chi connectivity index (χ1v) is 6.20. The smallest absolute Gasteiger partial charge is 0.251 e. The van der Waals surface area contributed by atoms with Crippen molar-refractivity contribution in [2.24, 2.45) is 0 Å². The number of rotatable bonds is 4. The largest absolute Gasteiger partial charge is 0.355 e. The highest BCUT2D eigenvalue weighted by molar-refractivity contribution is 5.96. The van der Waals surface area contributed by atoms with Crippen molar-refractivity contribution in [3.05, 3.63) is 59.9 Å². The van der Waals surface area contributed by atoms with E-state index < -0.39 is 0 Å². The molecule has 0 fully saturated rings. The van der Waals surface area contributed by atoms with Crippen LogP contribution in [0.5, 0.6) is 0 Å². The topological polar surface area (TPSA) is 71.1 Å². The lowest BCUT2D eigenvalue weighted by Gasteiger charge is -2.06. The van der Waals surface area contributed by atoms with Gasteiger partial charge in [-0.15, -0.1) is 0 Å². The van der Waals surface area contributed by atoms with Crippen LogP contribution in [0.4, 0.5) is 5.69 Å². The quantitative estimate of drug-likeness (QED) is 0.886. The molecule has 0 spiro atoms. The molecule has 1 heterocycles. The molecule has 5 heteroatoms. The molecule has 2 N–H and O–H groups in total. The summed E-state index contributed by atoms with van der Waals surface area (Å²) in [5.74, 6) is -0.274. The molecule has 2 amide bonds. The Morgan fingerprint density at radius 3 is 2.50 bits per heavy atom. The van der Waals surface area contributed by atoms with Gasteiger partial charge in [0.1, 0.15) is 0 Å². The summed E-state index contributed by atoms with van der Waals surface area (Å²) in [6.07, 6.45) is 3.60. The molecular weight excluding hydrogens is 254 g/mol.